The number of hydrogen-bond acceptors (Lipinski definition) is 2. The van der Waals surface area contributed by atoms with E-state index in [0.29, 0.717) is 0 Å². The summed E-state index contributed by atoms with van der Waals surface area (Å²) in [6.07, 6.45) is 79.3. The Morgan fingerprint density at radius 3 is 0.842 bits per heavy atom. The number of benzene rings is 2. The van der Waals surface area contributed by atoms with Gasteiger partial charge in [0, 0.05) is 20.4 Å². The second-order valence-corrected chi connectivity index (χ2v) is 23.2. The maximum atomic E-state index is 5.46. The van der Waals surface area contributed by atoms with Crippen molar-refractivity contribution in [2.45, 2.75) is 355 Å². The molecule has 0 aromatic heterocycles. The van der Waals surface area contributed by atoms with Crippen molar-refractivity contribution in [2.75, 3.05) is 0 Å². The van der Waals surface area contributed by atoms with Gasteiger partial charge in [-0.3, -0.25) is 9.98 Å². The van der Waals surface area contributed by atoms with Crippen LogP contribution in [-0.2, 0) is 33.3 Å². The molecule has 0 radical (unpaired) electrons. The first-order valence-electron chi connectivity index (χ1n) is 33.8. The molecule has 0 atom stereocenters. The molecule has 0 saturated carbocycles. The fourth-order valence-electron chi connectivity index (χ4n) is 11.1. The molecular formula is C73H126N2Pd. The molecule has 0 aliphatic rings. The number of aryl methyl sites for hydroxylation is 2. The summed E-state index contributed by atoms with van der Waals surface area (Å²) in [6, 6.07) is 17.8. The van der Waals surface area contributed by atoms with Crippen LogP contribution >= 0.6 is 0 Å². The minimum absolute atomic E-state index is 0. The van der Waals surface area contributed by atoms with E-state index in [9.17, 15) is 0 Å². The Morgan fingerprint density at radius 1 is 0.289 bits per heavy atom. The Balaban J connectivity index is 0.0000289. The fourth-order valence-corrected chi connectivity index (χ4v) is 11.1. The molecule has 76 heavy (non-hydrogen) atoms. The topological polar surface area (TPSA) is 24.7 Å². The van der Waals surface area contributed by atoms with E-state index in [1.54, 1.807) is 0 Å². The SMILES string of the molecule is CCCCCCCCCCCCCCCCCCCCC/C=C/CCCc1ccccc1N=C(CC)C(CCCCC)=Nc1ccccc1CCC/C=C/CCCCCCCCCCCCCCCCCCCCC.[Pd]. The molecule has 0 aliphatic carbocycles. The molecule has 3 heteroatoms. The molecule has 2 rings (SSSR count). The Morgan fingerprint density at radius 2 is 0.539 bits per heavy atom. The molecule has 0 unspecified atom stereocenters. The van der Waals surface area contributed by atoms with Crippen LogP contribution in [0.2, 0.25) is 0 Å². The van der Waals surface area contributed by atoms with Crippen LogP contribution < -0.4 is 0 Å². The Kier molecular flexibility index (Phi) is 54.5. The Hall–Kier alpha value is -2.08. The molecular weight excluding hydrogens is 1010 g/mol. The molecule has 2 aromatic rings. The summed E-state index contributed by atoms with van der Waals surface area (Å²) in [5.41, 5.74) is 7.36. The molecule has 0 aliphatic heterocycles. The number of rotatable bonds is 56. The first kappa shape index (κ1) is 71.9. The van der Waals surface area contributed by atoms with Crippen molar-refractivity contribution in [1.29, 1.82) is 0 Å². The van der Waals surface area contributed by atoms with E-state index >= 15 is 0 Å². The predicted molar refractivity (Wildman–Crippen MR) is 342 cm³/mol. The van der Waals surface area contributed by atoms with Gasteiger partial charge in [0.15, 0.2) is 0 Å². The van der Waals surface area contributed by atoms with E-state index in [-0.39, 0.29) is 20.4 Å². The molecule has 0 saturated heterocycles. The third-order valence-electron chi connectivity index (χ3n) is 16.1. The largest absolute Gasteiger partial charge is 0.251 e. The molecule has 0 heterocycles. The molecule has 2 nitrogen and oxygen atoms in total. The summed E-state index contributed by atoms with van der Waals surface area (Å²) in [5.74, 6) is 0. The van der Waals surface area contributed by atoms with Gasteiger partial charge in [0.05, 0.1) is 22.8 Å². The summed E-state index contributed by atoms with van der Waals surface area (Å²) in [4.78, 5) is 10.9. The average molecular weight is 1140 g/mol. The fraction of sp³-hybridized carbons (Fsp3) is 0.753. The summed E-state index contributed by atoms with van der Waals surface area (Å²) in [7, 11) is 0. The number of allylic oxidation sites excluding steroid dienone is 4. The van der Waals surface area contributed by atoms with Gasteiger partial charge in [-0.05, 0) is 107 Å². The maximum absolute atomic E-state index is 5.46. The average Bonchev–Trinajstić information content (AvgIpc) is 3.43. The van der Waals surface area contributed by atoms with Crippen LogP contribution in [0, 0.1) is 0 Å². The van der Waals surface area contributed by atoms with Crippen LogP contribution in [-0.4, -0.2) is 11.4 Å². The van der Waals surface area contributed by atoms with E-state index in [4.69, 9.17) is 9.98 Å². The number of unbranched alkanes of at least 4 members (excludes halogenated alkanes) is 42. The van der Waals surface area contributed by atoms with Gasteiger partial charge in [-0.2, -0.15) is 0 Å². The summed E-state index contributed by atoms with van der Waals surface area (Å²) >= 11 is 0. The van der Waals surface area contributed by atoms with Crippen molar-refractivity contribution in [2.24, 2.45) is 9.98 Å². The van der Waals surface area contributed by atoms with E-state index in [2.05, 4.69) is 101 Å². The zero-order valence-corrected chi connectivity index (χ0v) is 52.8. The van der Waals surface area contributed by atoms with E-state index in [0.717, 1.165) is 62.0 Å². The van der Waals surface area contributed by atoms with Gasteiger partial charge < -0.3 is 0 Å². The first-order chi connectivity index (χ1) is 37.2. The van der Waals surface area contributed by atoms with Gasteiger partial charge in [-0.1, -0.05) is 332 Å². The van der Waals surface area contributed by atoms with Crippen LogP contribution in [0.4, 0.5) is 11.4 Å². The zero-order valence-electron chi connectivity index (χ0n) is 51.2. The minimum atomic E-state index is 0. The van der Waals surface area contributed by atoms with Crippen LogP contribution in [0.3, 0.4) is 0 Å². The standard InChI is InChI=1S/C73H126N2.Pd/c1-5-9-12-14-16-18-20-22-24-26-28-30-32-34-36-38-40-42-44-46-48-50-52-55-61-68-63-57-59-65-71(68)74-70(8-4)73(67-54-11-7-3)75-72-66-60-58-64-69(72)62-56-53-51-49-47-45-43-41-39-37-35-33-31-29-27-25-23-21-19-17-15-13-10-6-2;/h48-51,57-60,63-66H,5-47,52-56,61-62,67H2,1-4H3;/b50-48+,51-49+,74-70?,75-73?;. The monoisotopic (exact) mass is 1140 g/mol. The van der Waals surface area contributed by atoms with Gasteiger partial charge in [-0.15, -0.1) is 0 Å². The first-order valence-corrected chi connectivity index (χ1v) is 33.8. The Labute approximate surface area is 489 Å². The molecule has 0 amide bonds. The molecule has 0 bridgehead atoms. The van der Waals surface area contributed by atoms with E-state index in [1.807, 2.05) is 0 Å². The van der Waals surface area contributed by atoms with Crippen LogP contribution in [0.15, 0.2) is 82.8 Å². The van der Waals surface area contributed by atoms with Crippen molar-refractivity contribution in [3.05, 3.63) is 84.0 Å². The normalized spacial score (nSPS) is 12.2. The van der Waals surface area contributed by atoms with Crippen LogP contribution in [0.25, 0.3) is 0 Å². The predicted octanol–water partition coefficient (Wildman–Crippen LogP) is 25.9. The molecule has 0 N–H and O–H groups in total. The molecule has 0 spiro atoms. The van der Waals surface area contributed by atoms with Gasteiger partial charge in [0.25, 0.3) is 0 Å². The van der Waals surface area contributed by atoms with Crippen LogP contribution in [0.5, 0.6) is 0 Å². The summed E-state index contributed by atoms with van der Waals surface area (Å²) in [5, 5.41) is 0. The van der Waals surface area contributed by atoms with Crippen LogP contribution in [0.1, 0.15) is 353 Å². The summed E-state index contributed by atoms with van der Waals surface area (Å²) in [6.45, 7) is 9.18. The van der Waals surface area contributed by atoms with Crippen molar-refractivity contribution in [1.82, 2.24) is 0 Å². The van der Waals surface area contributed by atoms with Crippen molar-refractivity contribution in [3.63, 3.8) is 0 Å². The second kappa shape index (κ2) is 57.6. The maximum Gasteiger partial charge on any atom is 0.0665 e. The van der Waals surface area contributed by atoms with Crippen molar-refractivity contribution in [3.8, 4) is 0 Å². The van der Waals surface area contributed by atoms with Crippen molar-refractivity contribution >= 4 is 22.8 Å². The van der Waals surface area contributed by atoms with Gasteiger partial charge in [0.2, 0.25) is 0 Å². The minimum Gasteiger partial charge on any atom is -0.251 e. The summed E-state index contributed by atoms with van der Waals surface area (Å²) < 4.78 is 0. The third-order valence-corrected chi connectivity index (χ3v) is 16.1. The number of para-hydroxylation sites is 2. The molecule has 438 valence electrons. The van der Waals surface area contributed by atoms with Gasteiger partial charge in [-0.25, -0.2) is 0 Å². The number of aliphatic imine (C=N–C) groups is 2. The Bertz CT molecular complexity index is 1630. The van der Waals surface area contributed by atoms with Gasteiger partial charge in [0.1, 0.15) is 0 Å². The zero-order chi connectivity index (χ0) is 53.4. The molecule has 2 aromatic carbocycles. The number of hydrogen-bond donors (Lipinski definition) is 0. The molecule has 0 fully saturated rings. The second-order valence-electron chi connectivity index (χ2n) is 23.2. The third kappa shape index (κ3) is 43.8. The van der Waals surface area contributed by atoms with Gasteiger partial charge >= 0.3 is 0 Å². The van der Waals surface area contributed by atoms with Crippen molar-refractivity contribution < 1.29 is 20.4 Å². The smallest absolute Gasteiger partial charge is 0.0665 e. The van der Waals surface area contributed by atoms with E-state index in [1.165, 1.54) is 299 Å². The van der Waals surface area contributed by atoms with E-state index < -0.39 is 0 Å². The quantitative estimate of drug-likeness (QED) is 0.0273. The number of nitrogens with zero attached hydrogens (tertiary/aromatic N) is 2.